The highest BCUT2D eigenvalue weighted by Crippen LogP contribution is 2.35. The van der Waals surface area contributed by atoms with Crippen molar-refractivity contribution in [2.75, 3.05) is 5.43 Å². The quantitative estimate of drug-likeness (QED) is 0.604. The van der Waals surface area contributed by atoms with Crippen molar-refractivity contribution in [1.82, 2.24) is 19.6 Å². The molecule has 26 heavy (non-hydrogen) atoms. The molecule has 128 valence electrons. The zero-order valence-electron chi connectivity index (χ0n) is 13.7. The van der Waals surface area contributed by atoms with Gasteiger partial charge in [0.2, 0.25) is 0 Å². The summed E-state index contributed by atoms with van der Waals surface area (Å²) in [4.78, 5) is 39.0. The topological polar surface area (TPSA) is 89.8 Å². The van der Waals surface area contributed by atoms with Crippen molar-refractivity contribution < 1.29 is 4.79 Å². The summed E-state index contributed by atoms with van der Waals surface area (Å²) in [6.45, 7) is 1.95. The number of hydrogen-bond acceptors (Lipinski definition) is 6. The van der Waals surface area contributed by atoms with E-state index < -0.39 is 5.91 Å². The number of carbonyl (C=O) groups excluding carboxylic acids is 1. The number of fused-ring (bicyclic) bond motifs is 1. The number of carbonyl (C=O) groups is 1. The summed E-state index contributed by atoms with van der Waals surface area (Å²) in [6.07, 6.45) is 5.52. The number of benzene rings is 1. The highest BCUT2D eigenvalue weighted by molar-refractivity contribution is 7.19. The van der Waals surface area contributed by atoms with Crippen LogP contribution in [0.2, 0.25) is 0 Å². The van der Waals surface area contributed by atoms with Gasteiger partial charge >= 0.3 is 0 Å². The molecular formula is C18H13N5O2S. The number of rotatable bonds is 3. The minimum absolute atomic E-state index is 0.115. The molecule has 4 rings (SSSR count). The number of aryl methyl sites for hydroxylation is 1. The molecule has 0 aliphatic rings. The summed E-state index contributed by atoms with van der Waals surface area (Å²) in [5.74, 6) is -0.533. The summed E-state index contributed by atoms with van der Waals surface area (Å²) in [5, 5.41) is 0.487. The molecule has 7 nitrogen and oxygen atoms in total. The number of hydrogen-bond donors (Lipinski definition) is 1. The molecule has 0 radical (unpaired) electrons. The monoisotopic (exact) mass is 363 g/mol. The van der Waals surface area contributed by atoms with Crippen molar-refractivity contribution in [3.05, 3.63) is 76.2 Å². The van der Waals surface area contributed by atoms with Crippen LogP contribution in [0.5, 0.6) is 0 Å². The van der Waals surface area contributed by atoms with E-state index in [9.17, 15) is 9.59 Å². The van der Waals surface area contributed by atoms with Crippen molar-refractivity contribution in [2.24, 2.45) is 0 Å². The number of amides is 1. The maximum absolute atomic E-state index is 13.0. The van der Waals surface area contributed by atoms with E-state index in [-0.39, 0.29) is 11.3 Å². The van der Waals surface area contributed by atoms with Gasteiger partial charge in [-0.15, -0.1) is 11.3 Å². The molecule has 0 fully saturated rings. The van der Waals surface area contributed by atoms with E-state index in [1.54, 1.807) is 0 Å². The molecule has 0 unspecified atom stereocenters. The lowest BCUT2D eigenvalue weighted by atomic mass is 10.0. The number of nitrogens with zero attached hydrogens (tertiary/aromatic N) is 4. The molecule has 0 aliphatic carbocycles. The Morgan fingerprint density at radius 3 is 2.69 bits per heavy atom. The maximum atomic E-state index is 13.0. The largest absolute Gasteiger partial charge is 0.290 e. The number of nitrogens with one attached hydrogen (secondary N) is 1. The third-order valence-electron chi connectivity index (χ3n) is 3.87. The van der Waals surface area contributed by atoms with E-state index in [1.165, 1.54) is 36.3 Å². The number of aromatic nitrogens is 4. The van der Waals surface area contributed by atoms with Gasteiger partial charge in [0, 0.05) is 22.8 Å². The summed E-state index contributed by atoms with van der Waals surface area (Å²) in [6, 6.07) is 9.66. The first-order valence-electron chi connectivity index (χ1n) is 7.78. The van der Waals surface area contributed by atoms with E-state index in [4.69, 9.17) is 0 Å². The second kappa shape index (κ2) is 6.49. The normalized spacial score (nSPS) is 10.8. The Bertz CT molecular complexity index is 1150. The second-order valence-corrected chi connectivity index (χ2v) is 6.73. The predicted octanol–water partition coefficient (Wildman–Crippen LogP) is 2.61. The van der Waals surface area contributed by atoms with E-state index in [0.717, 1.165) is 20.7 Å². The molecule has 1 amide bonds. The molecule has 1 aromatic carbocycles. The molecule has 3 aromatic heterocycles. The van der Waals surface area contributed by atoms with Crippen LogP contribution in [-0.2, 0) is 0 Å². The zero-order valence-corrected chi connectivity index (χ0v) is 14.5. The third-order valence-corrected chi connectivity index (χ3v) is 4.88. The molecule has 1 N–H and O–H groups in total. The van der Waals surface area contributed by atoms with Gasteiger partial charge in [-0.1, -0.05) is 30.3 Å². The van der Waals surface area contributed by atoms with Crippen LogP contribution >= 0.6 is 11.3 Å². The van der Waals surface area contributed by atoms with Gasteiger partial charge in [0.25, 0.3) is 11.5 Å². The second-order valence-electron chi connectivity index (χ2n) is 5.53. The van der Waals surface area contributed by atoms with Gasteiger partial charge in [-0.05, 0) is 12.5 Å². The van der Waals surface area contributed by atoms with Gasteiger partial charge in [0.05, 0.1) is 11.6 Å². The Balaban J connectivity index is 1.82. The van der Waals surface area contributed by atoms with E-state index >= 15 is 0 Å². The molecule has 3 heterocycles. The minimum Gasteiger partial charge on any atom is -0.267 e. The van der Waals surface area contributed by atoms with Gasteiger partial charge in [-0.2, -0.15) is 0 Å². The molecule has 0 bridgehead atoms. The molecule has 0 aliphatic heterocycles. The summed E-state index contributed by atoms with van der Waals surface area (Å²) >= 11 is 1.45. The van der Waals surface area contributed by atoms with Crippen molar-refractivity contribution in [3.63, 3.8) is 0 Å². The average Bonchev–Trinajstić information content (AvgIpc) is 3.02. The molecule has 0 saturated heterocycles. The predicted molar refractivity (Wildman–Crippen MR) is 99.8 cm³/mol. The third kappa shape index (κ3) is 2.76. The van der Waals surface area contributed by atoms with Crippen molar-refractivity contribution in [1.29, 1.82) is 0 Å². The molecule has 0 saturated carbocycles. The molecular weight excluding hydrogens is 350 g/mol. The number of thiophene rings is 1. The molecule has 8 heteroatoms. The van der Waals surface area contributed by atoms with Crippen LogP contribution in [0.1, 0.15) is 15.4 Å². The van der Waals surface area contributed by atoms with Crippen molar-refractivity contribution in [2.45, 2.75) is 6.92 Å². The lowest BCUT2D eigenvalue weighted by Crippen LogP contribution is -2.33. The van der Waals surface area contributed by atoms with Gasteiger partial charge in [-0.25, -0.2) is 14.6 Å². The Labute approximate surface area is 152 Å². The van der Waals surface area contributed by atoms with Gasteiger partial charge < -0.3 is 0 Å². The SMILES string of the molecule is Cc1sc2ncn(NC(=O)c3cnccn3)c(=O)c2c1-c1ccccc1. The van der Waals surface area contributed by atoms with Gasteiger partial charge in [0.1, 0.15) is 16.9 Å². The van der Waals surface area contributed by atoms with Crippen LogP contribution in [0, 0.1) is 6.92 Å². The zero-order chi connectivity index (χ0) is 18.1. The lowest BCUT2D eigenvalue weighted by molar-refractivity contribution is 0.100. The Morgan fingerprint density at radius 1 is 1.15 bits per heavy atom. The van der Waals surface area contributed by atoms with E-state index in [0.29, 0.717) is 10.2 Å². The fourth-order valence-corrected chi connectivity index (χ4v) is 3.72. The van der Waals surface area contributed by atoms with Gasteiger partial charge in [0.15, 0.2) is 0 Å². The Hall–Kier alpha value is -3.39. The highest BCUT2D eigenvalue weighted by Gasteiger charge is 2.18. The first-order valence-corrected chi connectivity index (χ1v) is 8.60. The molecule has 4 aromatic rings. The first-order chi connectivity index (χ1) is 12.6. The van der Waals surface area contributed by atoms with Crippen molar-refractivity contribution in [3.8, 4) is 11.1 Å². The smallest absolute Gasteiger partial charge is 0.267 e. The Kier molecular flexibility index (Phi) is 4.02. The molecule has 0 atom stereocenters. The van der Waals surface area contributed by atoms with E-state index in [2.05, 4.69) is 20.4 Å². The van der Waals surface area contributed by atoms with Crippen LogP contribution in [0.4, 0.5) is 0 Å². The van der Waals surface area contributed by atoms with Crippen molar-refractivity contribution >= 4 is 27.5 Å². The average molecular weight is 363 g/mol. The summed E-state index contributed by atoms with van der Waals surface area (Å²) in [7, 11) is 0. The highest BCUT2D eigenvalue weighted by atomic mass is 32.1. The summed E-state index contributed by atoms with van der Waals surface area (Å²) in [5.41, 5.74) is 4.07. The van der Waals surface area contributed by atoms with E-state index in [1.807, 2.05) is 37.3 Å². The minimum atomic E-state index is -0.533. The lowest BCUT2D eigenvalue weighted by Gasteiger charge is -2.07. The summed E-state index contributed by atoms with van der Waals surface area (Å²) < 4.78 is 1.08. The maximum Gasteiger partial charge on any atom is 0.290 e. The van der Waals surface area contributed by atoms with Crippen LogP contribution < -0.4 is 11.0 Å². The Morgan fingerprint density at radius 2 is 1.96 bits per heavy atom. The van der Waals surface area contributed by atoms with Crippen LogP contribution in [-0.4, -0.2) is 25.5 Å². The van der Waals surface area contributed by atoms with Crippen LogP contribution in [0.3, 0.4) is 0 Å². The van der Waals surface area contributed by atoms with Crippen LogP contribution in [0.15, 0.2) is 60.0 Å². The van der Waals surface area contributed by atoms with Crippen LogP contribution in [0.25, 0.3) is 21.3 Å². The molecule has 0 spiro atoms. The fraction of sp³-hybridized carbons (Fsp3) is 0.0556. The first kappa shape index (κ1) is 16.1. The fourth-order valence-electron chi connectivity index (χ4n) is 2.72. The standard InChI is InChI=1S/C18H13N5O2S/c1-11-14(12-5-3-2-4-6-12)15-17(26-11)21-10-23(18(15)25)22-16(24)13-9-19-7-8-20-13/h2-10H,1H3,(H,22,24). The van der Waals surface area contributed by atoms with Gasteiger partial charge in [-0.3, -0.25) is 20.0 Å².